The molecule has 2 aromatic carbocycles. The standard InChI is InChI=1S/C23H31FN4/c1-6-20-19(15-27-25)13-18(23-16(2)9-7-11-21(23)24)14-22(20)26-12-8-10-17(3)28(4)5/h6-7,9,11,13-15,17,26H,1,8,10,12,25H2,2-5H3/b27-15-. The topological polar surface area (TPSA) is 53.6 Å². The lowest BCUT2D eigenvalue weighted by atomic mass is 9.94. The summed E-state index contributed by atoms with van der Waals surface area (Å²) in [5, 5.41) is 7.17. The minimum absolute atomic E-state index is 0.243. The van der Waals surface area contributed by atoms with Gasteiger partial charge in [-0.25, -0.2) is 4.39 Å². The van der Waals surface area contributed by atoms with Crippen LogP contribution in [-0.4, -0.2) is 37.8 Å². The molecule has 2 rings (SSSR count). The van der Waals surface area contributed by atoms with Gasteiger partial charge < -0.3 is 16.1 Å². The molecule has 0 aliphatic heterocycles. The number of aryl methyl sites for hydroxylation is 1. The summed E-state index contributed by atoms with van der Waals surface area (Å²) in [4.78, 5) is 2.21. The van der Waals surface area contributed by atoms with Crippen LogP contribution in [0, 0.1) is 12.7 Å². The molecule has 0 heterocycles. The Morgan fingerprint density at radius 3 is 2.68 bits per heavy atom. The van der Waals surface area contributed by atoms with Crippen molar-refractivity contribution in [3.8, 4) is 11.1 Å². The molecule has 2 aromatic rings. The molecule has 1 atom stereocenters. The molecular weight excluding hydrogens is 351 g/mol. The van der Waals surface area contributed by atoms with Gasteiger partial charge in [-0.3, -0.25) is 0 Å². The fourth-order valence-electron chi connectivity index (χ4n) is 3.26. The molecule has 1 unspecified atom stereocenters. The molecule has 0 aromatic heterocycles. The summed E-state index contributed by atoms with van der Waals surface area (Å²) in [6.07, 6.45) is 5.47. The Balaban J connectivity index is 2.38. The third-order valence-electron chi connectivity index (χ3n) is 5.14. The van der Waals surface area contributed by atoms with E-state index in [0.717, 1.165) is 47.3 Å². The Hall–Kier alpha value is -2.66. The predicted molar refractivity (Wildman–Crippen MR) is 119 cm³/mol. The molecule has 28 heavy (non-hydrogen) atoms. The van der Waals surface area contributed by atoms with Gasteiger partial charge in [0.25, 0.3) is 0 Å². The molecule has 0 saturated heterocycles. The van der Waals surface area contributed by atoms with E-state index >= 15 is 0 Å². The van der Waals surface area contributed by atoms with Crippen molar-refractivity contribution in [1.82, 2.24) is 4.90 Å². The first-order chi connectivity index (χ1) is 13.4. The summed E-state index contributed by atoms with van der Waals surface area (Å²) < 4.78 is 14.5. The maximum absolute atomic E-state index is 14.5. The number of halogens is 1. The zero-order chi connectivity index (χ0) is 20.7. The van der Waals surface area contributed by atoms with Crippen LogP contribution in [0.4, 0.5) is 10.1 Å². The van der Waals surface area contributed by atoms with E-state index in [1.54, 1.807) is 18.4 Å². The number of nitrogens with one attached hydrogen (secondary N) is 1. The highest BCUT2D eigenvalue weighted by molar-refractivity contribution is 5.92. The first-order valence-corrected chi connectivity index (χ1v) is 9.58. The summed E-state index contributed by atoms with van der Waals surface area (Å²) in [7, 11) is 4.18. The van der Waals surface area contributed by atoms with Gasteiger partial charge in [-0.15, -0.1) is 0 Å². The van der Waals surface area contributed by atoms with Gasteiger partial charge in [0, 0.05) is 35.0 Å². The number of benzene rings is 2. The summed E-state index contributed by atoms with van der Waals surface area (Å²) in [5.74, 6) is 5.16. The predicted octanol–water partition coefficient (Wildman–Crippen LogP) is 4.88. The Bertz CT molecular complexity index is 822. The lowest BCUT2D eigenvalue weighted by molar-refractivity contribution is 0.296. The van der Waals surface area contributed by atoms with Crippen LogP contribution in [0.1, 0.15) is 36.5 Å². The van der Waals surface area contributed by atoms with Crippen LogP contribution in [-0.2, 0) is 0 Å². The zero-order valence-electron chi connectivity index (χ0n) is 17.3. The number of hydrogen-bond acceptors (Lipinski definition) is 4. The molecule has 4 nitrogen and oxygen atoms in total. The van der Waals surface area contributed by atoms with Crippen LogP contribution < -0.4 is 11.2 Å². The van der Waals surface area contributed by atoms with Crippen LogP contribution in [0.3, 0.4) is 0 Å². The first-order valence-electron chi connectivity index (χ1n) is 9.58. The van der Waals surface area contributed by atoms with Crippen molar-refractivity contribution in [2.24, 2.45) is 10.9 Å². The monoisotopic (exact) mass is 382 g/mol. The molecule has 5 heteroatoms. The summed E-state index contributed by atoms with van der Waals surface area (Å²) in [6.45, 7) is 8.87. The molecule has 0 saturated carbocycles. The fraction of sp³-hybridized carbons (Fsp3) is 0.348. The second-order valence-corrected chi connectivity index (χ2v) is 7.32. The number of hydrogen-bond donors (Lipinski definition) is 2. The Kier molecular flexibility index (Phi) is 7.76. The van der Waals surface area contributed by atoms with E-state index in [-0.39, 0.29) is 5.82 Å². The second-order valence-electron chi connectivity index (χ2n) is 7.32. The van der Waals surface area contributed by atoms with Crippen molar-refractivity contribution in [2.45, 2.75) is 32.7 Å². The molecule has 0 aliphatic carbocycles. The van der Waals surface area contributed by atoms with E-state index in [4.69, 9.17) is 5.84 Å². The van der Waals surface area contributed by atoms with E-state index in [9.17, 15) is 4.39 Å². The summed E-state index contributed by atoms with van der Waals surface area (Å²) >= 11 is 0. The van der Waals surface area contributed by atoms with Gasteiger partial charge in [-0.2, -0.15) is 5.10 Å². The minimum atomic E-state index is -0.243. The van der Waals surface area contributed by atoms with E-state index in [0.29, 0.717) is 11.6 Å². The number of rotatable bonds is 9. The normalized spacial score (nSPS) is 12.5. The highest BCUT2D eigenvalue weighted by atomic mass is 19.1. The Morgan fingerprint density at radius 1 is 1.32 bits per heavy atom. The SMILES string of the molecule is C=Cc1c(/C=N\N)cc(-c2c(C)cccc2F)cc1NCCCC(C)N(C)C. The van der Waals surface area contributed by atoms with Gasteiger partial charge in [0.1, 0.15) is 5.82 Å². The highest BCUT2D eigenvalue weighted by Gasteiger charge is 2.14. The van der Waals surface area contributed by atoms with Crippen LogP contribution in [0.15, 0.2) is 42.0 Å². The second kappa shape index (κ2) is 10.0. The molecule has 0 fully saturated rings. The molecule has 3 N–H and O–H groups in total. The first kappa shape index (κ1) is 21.6. The van der Waals surface area contributed by atoms with Crippen LogP contribution in [0.5, 0.6) is 0 Å². The quantitative estimate of drug-likeness (QED) is 0.281. The van der Waals surface area contributed by atoms with Crippen LogP contribution >= 0.6 is 0 Å². The van der Waals surface area contributed by atoms with Crippen LogP contribution in [0.2, 0.25) is 0 Å². The van der Waals surface area contributed by atoms with Gasteiger partial charge in [0.2, 0.25) is 0 Å². The van der Waals surface area contributed by atoms with E-state index in [1.807, 2.05) is 25.1 Å². The van der Waals surface area contributed by atoms with Crippen molar-refractivity contribution in [3.05, 3.63) is 59.4 Å². The van der Waals surface area contributed by atoms with Crippen molar-refractivity contribution < 1.29 is 4.39 Å². The molecular formula is C23H31FN4. The van der Waals surface area contributed by atoms with Crippen molar-refractivity contribution >= 4 is 18.0 Å². The lowest BCUT2D eigenvalue weighted by Gasteiger charge is -2.20. The summed E-state index contributed by atoms with van der Waals surface area (Å²) in [6, 6.07) is 9.51. The molecule has 0 spiro atoms. The maximum atomic E-state index is 14.5. The highest BCUT2D eigenvalue weighted by Crippen LogP contribution is 2.32. The fourth-order valence-corrected chi connectivity index (χ4v) is 3.26. The Labute approximate surface area is 167 Å². The number of anilines is 1. The molecule has 0 bridgehead atoms. The number of hydrazone groups is 1. The van der Waals surface area contributed by atoms with E-state index in [2.05, 4.69) is 42.9 Å². The van der Waals surface area contributed by atoms with E-state index in [1.165, 1.54) is 6.07 Å². The Morgan fingerprint density at radius 2 is 2.07 bits per heavy atom. The van der Waals surface area contributed by atoms with Gasteiger partial charge in [0.05, 0.1) is 6.21 Å². The lowest BCUT2D eigenvalue weighted by Crippen LogP contribution is -2.25. The van der Waals surface area contributed by atoms with Gasteiger partial charge in [0.15, 0.2) is 0 Å². The van der Waals surface area contributed by atoms with Crippen molar-refractivity contribution in [2.75, 3.05) is 26.0 Å². The van der Waals surface area contributed by atoms with Crippen molar-refractivity contribution in [1.29, 1.82) is 0 Å². The molecule has 0 radical (unpaired) electrons. The minimum Gasteiger partial charge on any atom is -0.385 e. The van der Waals surface area contributed by atoms with Gasteiger partial charge in [-0.05, 0) is 70.1 Å². The molecule has 0 aliphatic rings. The number of nitrogens with two attached hydrogens (primary N) is 1. The van der Waals surface area contributed by atoms with Gasteiger partial charge in [-0.1, -0.05) is 24.8 Å². The largest absolute Gasteiger partial charge is 0.385 e. The molecule has 150 valence electrons. The van der Waals surface area contributed by atoms with Crippen molar-refractivity contribution in [3.63, 3.8) is 0 Å². The van der Waals surface area contributed by atoms with E-state index < -0.39 is 0 Å². The molecule has 0 amide bonds. The average molecular weight is 383 g/mol. The maximum Gasteiger partial charge on any atom is 0.131 e. The van der Waals surface area contributed by atoms with Crippen LogP contribution in [0.25, 0.3) is 17.2 Å². The number of nitrogens with zero attached hydrogens (tertiary/aromatic N) is 2. The average Bonchev–Trinajstić information content (AvgIpc) is 2.65. The third kappa shape index (κ3) is 5.20. The smallest absolute Gasteiger partial charge is 0.131 e. The zero-order valence-corrected chi connectivity index (χ0v) is 17.3. The van der Waals surface area contributed by atoms with Gasteiger partial charge >= 0.3 is 0 Å². The summed E-state index contributed by atoms with van der Waals surface area (Å²) in [5.41, 5.74) is 4.89. The third-order valence-corrected chi connectivity index (χ3v) is 5.14.